The van der Waals surface area contributed by atoms with Crippen molar-refractivity contribution >= 4 is 18.2 Å². The fourth-order valence-electron chi connectivity index (χ4n) is 3.32. The van der Waals surface area contributed by atoms with Gasteiger partial charge in [0.25, 0.3) is 0 Å². The van der Waals surface area contributed by atoms with E-state index < -0.39 is 23.7 Å². The highest BCUT2D eigenvalue weighted by molar-refractivity contribution is 6.07. The van der Waals surface area contributed by atoms with E-state index in [4.69, 9.17) is 5.73 Å². The Morgan fingerprint density at radius 1 is 1.21 bits per heavy atom. The third-order valence-electron chi connectivity index (χ3n) is 4.75. The Morgan fingerprint density at radius 2 is 1.97 bits per heavy atom. The summed E-state index contributed by atoms with van der Waals surface area (Å²) >= 11 is 0. The second-order valence-corrected chi connectivity index (χ2v) is 6.68. The molecule has 0 radical (unpaired) electrons. The summed E-state index contributed by atoms with van der Waals surface area (Å²) in [5, 5.41) is 2.73. The number of nitrogens with two attached hydrogens (primary N) is 1. The van der Waals surface area contributed by atoms with Crippen molar-refractivity contribution in [3.63, 3.8) is 0 Å². The topological polar surface area (TPSA) is 83.1 Å². The molecule has 1 aliphatic rings. The summed E-state index contributed by atoms with van der Waals surface area (Å²) in [7, 11) is 0. The number of aliphatic imine (C=N–C) groups is 2. The van der Waals surface area contributed by atoms with E-state index in [1.54, 1.807) is 0 Å². The lowest BCUT2D eigenvalue weighted by Crippen LogP contribution is -2.31. The Labute approximate surface area is 168 Å². The summed E-state index contributed by atoms with van der Waals surface area (Å²) in [6, 6.07) is 12.0. The highest BCUT2D eigenvalue weighted by atomic mass is 19.2. The van der Waals surface area contributed by atoms with Crippen LogP contribution in [0.5, 0.6) is 0 Å². The van der Waals surface area contributed by atoms with Crippen molar-refractivity contribution < 1.29 is 13.6 Å². The maximum Gasteiger partial charge on any atom is 0.323 e. The molecule has 2 unspecified atom stereocenters. The lowest BCUT2D eigenvalue weighted by atomic mass is 10.0. The number of urea groups is 1. The van der Waals surface area contributed by atoms with Crippen molar-refractivity contribution in [3.8, 4) is 0 Å². The zero-order valence-electron chi connectivity index (χ0n) is 16.1. The molecule has 2 atom stereocenters. The molecule has 0 spiro atoms. The minimum Gasteiger partial charge on any atom is -0.390 e. The van der Waals surface area contributed by atoms with Crippen LogP contribution in [0.25, 0.3) is 0 Å². The number of hydrogen-bond donors (Lipinski definition) is 2. The van der Waals surface area contributed by atoms with E-state index in [0.717, 1.165) is 11.6 Å². The highest BCUT2D eigenvalue weighted by Crippen LogP contribution is 2.31. The van der Waals surface area contributed by atoms with E-state index in [1.165, 1.54) is 23.4 Å². The number of amides is 2. The van der Waals surface area contributed by atoms with Crippen LogP contribution in [0, 0.1) is 11.6 Å². The molecule has 29 heavy (non-hydrogen) atoms. The predicted molar refractivity (Wildman–Crippen MR) is 109 cm³/mol. The second-order valence-electron chi connectivity index (χ2n) is 6.68. The molecule has 8 heteroatoms. The van der Waals surface area contributed by atoms with Gasteiger partial charge in [0.15, 0.2) is 11.6 Å². The first-order chi connectivity index (χ1) is 14.0. The van der Waals surface area contributed by atoms with Gasteiger partial charge in [-0.2, -0.15) is 0 Å². The van der Waals surface area contributed by atoms with Crippen LogP contribution in [0.3, 0.4) is 0 Å². The van der Waals surface area contributed by atoms with Crippen LogP contribution >= 0.6 is 0 Å². The molecule has 2 aromatic carbocycles. The highest BCUT2D eigenvalue weighted by Gasteiger charge is 2.39. The van der Waals surface area contributed by atoms with Crippen molar-refractivity contribution in [2.45, 2.75) is 25.4 Å². The van der Waals surface area contributed by atoms with Gasteiger partial charge in [-0.25, -0.2) is 13.6 Å². The van der Waals surface area contributed by atoms with Gasteiger partial charge in [-0.05, 0) is 25.0 Å². The first kappa shape index (κ1) is 20.4. The third kappa shape index (κ3) is 4.59. The number of nitrogens with zero attached hydrogens (tertiary/aromatic N) is 3. The SMILES string of the molecule is CC(N=C1NC(=O)N(CCCN=CN)C1c1cccc(F)c1F)c1ccccc1. The van der Waals surface area contributed by atoms with E-state index in [-0.39, 0.29) is 17.4 Å². The Hall–Kier alpha value is -3.29. The quantitative estimate of drug-likeness (QED) is 0.424. The molecule has 1 heterocycles. The molecule has 0 bridgehead atoms. The predicted octanol–water partition coefficient (Wildman–Crippen LogP) is 3.57. The first-order valence-electron chi connectivity index (χ1n) is 9.37. The monoisotopic (exact) mass is 399 g/mol. The number of carbonyl (C=O) groups is 1. The molecule has 6 nitrogen and oxygen atoms in total. The van der Waals surface area contributed by atoms with Gasteiger partial charge in [-0.1, -0.05) is 42.5 Å². The standard InChI is InChI=1S/C21H23F2N5O/c1-14(15-7-3-2-4-8-15)26-20-19(16-9-5-10-17(22)18(16)23)28(21(29)27-20)12-6-11-25-13-24/h2-5,7-10,13-14,19H,6,11-12H2,1H3,(H2,24,25)(H,26,27,29). The zero-order chi connectivity index (χ0) is 20.8. The molecule has 1 fully saturated rings. The summed E-state index contributed by atoms with van der Waals surface area (Å²) in [4.78, 5) is 22.6. The number of halogens is 2. The average molecular weight is 399 g/mol. The van der Waals surface area contributed by atoms with E-state index in [2.05, 4.69) is 15.3 Å². The van der Waals surface area contributed by atoms with Crippen LogP contribution in [0.2, 0.25) is 0 Å². The number of hydrogen-bond acceptors (Lipinski definition) is 3. The van der Waals surface area contributed by atoms with E-state index in [9.17, 15) is 13.6 Å². The van der Waals surface area contributed by atoms with Gasteiger partial charge in [-0.15, -0.1) is 0 Å². The molecular weight excluding hydrogens is 376 g/mol. The van der Waals surface area contributed by atoms with Crippen molar-refractivity contribution in [2.75, 3.05) is 13.1 Å². The van der Waals surface area contributed by atoms with Crippen LogP contribution in [0.15, 0.2) is 58.5 Å². The van der Waals surface area contributed by atoms with Gasteiger partial charge in [0.05, 0.1) is 12.4 Å². The van der Waals surface area contributed by atoms with Crippen molar-refractivity contribution in [1.29, 1.82) is 0 Å². The number of amidine groups is 1. The molecule has 0 aliphatic carbocycles. The van der Waals surface area contributed by atoms with E-state index in [0.29, 0.717) is 19.5 Å². The maximum absolute atomic E-state index is 14.6. The summed E-state index contributed by atoms with van der Waals surface area (Å²) in [6.07, 6.45) is 1.72. The van der Waals surface area contributed by atoms with E-state index >= 15 is 0 Å². The number of carbonyl (C=O) groups excluding carboxylic acids is 1. The summed E-state index contributed by atoms with van der Waals surface area (Å²) in [6.45, 7) is 2.60. The molecule has 3 rings (SSSR count). The van der Waals surface area contributed by atoms with Gasteiger partial charge in [0, 0.05) is 18.7 Å². The Bertz CT molecular complexity index is 917. The normalized spacial score (nSPS) is 19.1. The van der Waals surface area contributed by atoms with Gasteiger partial charge in [0.2, 0.25) is 0 Å². The second kappa shape index (κ2) is 9.27. The Morgan fingerprint density at radius 3 is 2.69 bits per heavy atom. The van der Waals surface area contributed by atoms with Gasteiger partial charge in [0.1, 0.15) is 11.9 Å². The van der Waals surface area contributed by atoms with E-state index in [1.807, 2.05) is 37.3 Å². The van der Waals surface area contributed by atoms with Crippen LogP contribution in [0.1, 0.15) is 36.6 Å². The van der Waals surface area contributed by atoms with Crippen LogP contribution in [-0.4, -0.2) is 36.2 Å². The van der Waals surface area contributed by atoms with Crippen molar-refractivity contribution in [1.82, 2.24) is 10.2 Å². The van der Waals surface area contributed by atoms with Gasteiger partial charge < -0.3 is 10.6 Å². The summed E-state index contributed by atoms with van der Waals surface area (Å²) in [5.74, 6) is -1.66. The summed E-state index contributed by atoms with van der Waals surface area (Å²) in [5.41, 5.74) is 6.25. The number of rotatable bonds is 7. The maximum atomic E-state index is 14.6. The average Bonchev–Trinajstić information content (AvgIpc) is 3.02. The molecule has 0 saturated carbocycles. The largest absolute Gasteiger partial charge is 0.390 e. The van der Waals surface area contributed by atoms with Crippen molar-refractivity contribution in [3.05, 3.63) is 71.3 Å². The summed E-state index contributed by atoms with van der Waals surface area (Å²) < 4.78 is 28.5. The molecule has 1 aliphatic heterocycles. The third-order valence-corrected chi connectivity index (χ3v) is 4.75. The minimum atomic E-state index is -0.987. The number of nitrogens with one attached hydrogen (secondary N) is 1. The van der Waals surface area contributed by atoms with Crippen molar-refractivity contribution in [2.24, 2.45) is 15.7 Å². The lowest BCUT2D eigenvalue weighted by molar-refractivity contribution is 0.204. The Kier molecular flexibility index (Phi) is 6.54. The van der Waals surface area contributed by atoms with Crippen LogP contribution in [0.4, 0.5) is 13.6 Å². The van der Waals surface area contributed by atoms with Crippen LogP contribution in [-0.2, 0) is 0 Å². The molecule has 2 aromatic rings. The molecule has 3 N–H and O–H groups in total. The minimum absolute atomic E-state index is 0.0599. The number of benzene rings is 2. The molecule has 0 aromatic heterocycles. The Balaban J connectivity index is 1.96. The fraction of sp³-hybridized carbons (Fsp3) is 0.286. The van der Waals surface area contributed by atoms with Gasteiger partial charge >= 0.3 is 6.03 Å². The van der Waals surface area contributed by atoms with Crippen LogP contribution < -0.4 is 11.1 Å². The molecule has 2 amide bonds. The first-order valence-corrected chi connectivity index (χ1v) is 9.37. The lowest BCUT2D eigenvalue weighted by Gasteiger charge is -2.24. The smallest absolute Gasteiger partial charge is 0.323 e. The molecular formula is C21H23F2N5O. The van der Waals surface area contributed by atoms with Gasteiger partial charge in [-0.3, -0.25) is 15.3 Å². The molecule has 152 valence electrons. The zero-order valence-corrected chi connectivity index (χ0v) is 16.1. The molecule has 1 saturated heterocycles. The fourth-order valence-corrected chi connectivity index (χ4v) is 3.32.